The number of H-pyrrole nitrogens is 1. The van der Waals surface area contributed by atoms with Gasteiger partial charge in [0, 0.05) is 0 Å². The lowest BCUT2D eigenvalue weighted by molar-refractivity contribution is 0.867. The summed E-state index contributed by atoms with van der Waals surface area (Å²) in [6.45, 7) is 1.72. The fraction of sp³-hybridized carbons (Fsp3) is 0.250. The number of aromatic amines is 1. The Balaban J connectivity index is 2.65. The van der Waals surface area contributed by atoms with Crippen LogP contribution in [0.25, 0.3) is 11.2 Å². The summed E-state index contributed by atoms with van der Waals surface area (Å²) in [6, 6.07) is 2.05. The van der Waals surface area contributed by atoms with Gasteiger partial charge >= 0.3 is 0 Å². The largest absolute Gasteiger partial charge is 0.382 e. The van der Waals surface area contributed by atoms with Crippen LogP contribution in [0, 0.1) is 11.3 Å². The fourth-order valence-electron chi connectivity index (χ4n) is 1.13. The first-order valence-corrected chi connectivity index (χ1v) is 4.08. The molecule has 0 saturated heterocycles. The first kappa shape index (κ1) is 8.44. The first-order valence-electron chi connectivity index (χ1n) is 4.08. The second-order valence-electron chi connectivity index (χ2n) is 2.92. The van der Waals surface area contributed by atoms with Gasteiger partial charge in [0.2, 0.25) is 0 Å². The van der Waals surface area contributed by atoms with Gasteiger partial charge in [-0.15, -0.1) is 0 Å². The lowest BCUT2D eigenvalue weighted by Gasteiger charge is -2.01. The van der Waals surface area contributed by atoms with Crippen molar-refractivity contribution in [1.29, 1.82) is 5.26 Å². The predicted molar refractivity (Wildman–Crippen MR) is 50.1 cm³/mol. The van der Waals surface area contributed by atoms with Crippen molar-refractivity contribution in [3.8, 4) is 6.07 Å². The van der Waals surface area contributed by atoms with Crippen LogP contribution in [0.2, 0.25) is 0 Å². The first-order chi connectivity index (χ1) is 6.72. The second kappa shape index (κ2) is 2.96. The zero-order valence-corrected chi connectivity index (χ0v) is 7.52. The van der Waals surface area contributed by atoms with Crippen LogP contribution in [0.3, 0.4) is 0 Å². The van der Waals surface area contributed by atoms with Crippen molar-refractivity contribution < 1.29 is 0 Å². The zero-order valence-electron chi connectivity index (χ0n) is 7.52. The minimum atomic E-state index is -0.370. The van der Waals surface area contributed by atoms with Gasteiger partial charge in [0.15, 0.2) is 11.5 Å². The molecular weight excluding hydrogens is 180 g/mol. The average Bonchev–Trinajstić information content (AvgIpc) is 2.64. The van der Waals surface area contributed by atoms with Crippen molar-refractivity contribution in [1.82, 2.24) is 19.9 Å². The van der Waals surface area contributed by atoms with Gasteiger partial charge < -0.3 is 10.7 Å². The summed E-state index contributed by atoms with van der Waals surface area (Å²) in [5.41, 5.74) is 6.76. The third-order valence-corrected chi connectivity index (χ3v) is 1.90. The number of nitrogens with two attached hydrogens (primary N) is 1. The Morgan fingerprint density at radius 1 is 1.57 bits per heavy atom. The van der Waals surface area contributed by atoms with Crippen LogP contribution in [0.1, 0.15) is 18.7 Å². The molecule has 2 aromatic rings. The van der Waals surface area contributed by atoms with Crippen molar-refractivity contribution in [3.63, 3.8) is 0 Å². The van der Waals surface area contributed by atoms with E-state index in [9.17, 15) is 0 Å². The Labute approximate surface area is 79.8 Å². The monoisotopic (exact) mass is 188 g/mol. The molecule has 3 N–H and O–H groups in total. The molecule has 0 aliphatic carbocycles. The van der Waals surface area contributed by atoms with Gasteiger partial charge in [-0.1, -0.05) is 0 Å². The molecule has 1 unspecified atom stereocenters. The molecule has 70 valence electrons. The molecule has 14 heavy (non-hydrogen) atoms. The molecule has 0 aliphatic heterocycles. The molecule has 2 aromatic heterocycles. The van der Waals surface area contributed by atoms with Gasteiger partial charge in [-0.3, -0.25) is 0 Å². The molecule has 0 fully saturated rings. The highest BCUT2D eigenvalue weighted by Crippen LogP contribution is 2.17. The van der Waals surface area contributed by atoms with Crippen LogP contribution < -0.4 is 5.73 Å². The standard InChI is InChI=1S/C8H8N6/c1-4(2-9)7-13-6(10)5-8(14-7)12-3-11-5/h3-4H,1H3,(H3,10,11,12,13,14). The Morgan fingerprint density at radius 3 is 3.07 bits per heavy atom. The third kappa shape index (κ3) is 1.15. The van der Waals surface area contributed by atoms with E-state index in [1.165, 1.54) is 6.33 Å². The number of aromatic nitrogens is 4. The fourth-order valence-corrected chi connectivity index (χ4v) is 1.13. The topological polar surface area (TPSA) is 104 Å². The molecular formula is C8H8N6. The van der Waals surface area contributed by atoms with E-state index >= 15 is 0 Å². The van der Waals surface area contributed by atoms with Crippen LogP contribution in [0.4, 0.5) is 5.82 Å². The summed E-state index contributed by atoms with van der Waals surface area (Å²) >= 11 is 0. The highest BCUT2D eigenvalue weighted by Gasteiger charge is 2.12. The molecule has 1 atom stereocenters. The minimum Gasteiger partial charge on any atom is -0.382 e. The number of hydrogen-bond donors (Lipinski definition) is 2. The Morgan fingerprint density at radius 2 is 2.36 bits per heavy atom. The molecule has 0 amide bonds. The Hall–Kier alpha value is -2.16. The van der Waals surface area contributed by atoms with Crippen molar-refractivity contribution in [2.75, 3.05) is 5.73 Å². The lowest BCUT2D eigenvalue weighted by Crippen LogP contribution is -2.03. The highest BCUT2D eigenvalue weighted by molar-refractivity contribution is 5.80. The van der Waals surface area contributed by atoms with E-state index in [0.29, 0.717) is 22.8 Å². The van der Waals surface area contributed by atoms with Crippen LogP contribution in [0.5, 0.6) is 0 Å². The molecule has 0 spiro atoms. The quantitative estimate of drug-likeness (QED) is 0.680. The van der Waals surface area contributed by atoms with E-state index in [0.717, 1.165) is 0 Å². The maximum absolute atomic E-state index is 8.71. The molecule has 0 aromatic carbocycles. The summed E-state index contributed by atoms with van der Waals surface area (Å²) < 4.78 is 0. The number of nitrogens with zero attached hydrogens (tertiary/aromatic N) is 4. The predicted octanol–water partition coefficient (Wildman–Crippen LogP) is 0.562. The maximum atomic E-state index is 8.71. The van der Waals surface area contributed by atoms with Crippen LogP contribution in [0.15, 0.2) is 6.33 Å². The smallest absolute Gasteiger partial charge is 0.163 e. The number of fused-ring (bicyclic) bond motifs is 1. The second-order valence-corrected chi connectivity index (χ2v) is 2.92. The summed E-state index contributed by atoms with van der Waals surface area (Å²) in [6.07, 6.45) is 1.50. The van der Waals surface area contributed by atoms with Gasteiger partial charge in [0.1, 0.15) is 17.3 Å². The summed E-state index contributed by atoms with van der Waals surface area (Å²) in [4.78, 5) is 14.9. The number of rotatable bonds is 1. The highest BCUT2D eigenvalue weighted by atomic mass is 15.0. The number of nitriles is 1. The third-order valence-electron chi connectivity index (χ3n) is 1.90. The molecule has 0 aliphatic rings. The van der Waals surface area contributed by atoms with Crippen molar-refractivity contribution in [2.45, 2.75) is 12.8 Å². The van der Waals surface area contributed by atoms with Gasteiger partial charge in [-0.2, -0.15) is 5.26 Å². The molecule has 2 rings (SSSR count). The molecule has 0 radical (unpaired) electrons. The number of anilines is 1. The summed E-state index contributed by atoms with van der Waals surface area (Å²) in [5, 5.41) is 8.71. The Bertz CT molecular complexity index is 508. The van der Waals surface area contributed by atoms with E-state index in [1.807, 2.05) is 0 Å². The Kier molecular flexibility index (Phi) is 1.78. The minimum absolute atomic E-state index is 0.299. The van der Waals surface area contributed by atoms with E-state index in [4.69, 9.17) is 11.0 Å². The van der Waals surface area contributed by atoms with Gasteiger partial charge in [-0.05, 0) is 6.92 Å². The molecule has 6 nitrogen and oxygen atoms in total. The number of nitrogen functional groups attached to an aromatic ring is 1. The van der Waals surface area contributed by atoms with Gasteiger partial charge in [-0.25, -0.2) is 15.0 Å². The van der Waals surface area contributed by atoms with Gasteiger partial charge in [0.05, 0.1) is 12.4 Å². The molecule has 6 heteroatoms. The van der Waals surface area contributed by atoms with E-state index in [1.54, 1.807) is 6.92 Å². The SMILES string of the molecule is CC(C#N)c1nc(N)c2nc[nH]c2n1. The lowest BCUT2D eigenvalue weighted by atomic mass is 10.2. The maximum Gasteiger partial charge on any atom is 0.163 e. The molecule has 0 saturated carbocycles. The number of hydrogen-bond acceptors (Lipinski definition) is 5. The molecule has 0 bridgehead atoms. The summed E-state index contributed by atoms with van der Waals surface area (Å²) in [7, 11) is 0. The van der Waals surface area contributed by atoms with E-state index in [2.05, 4.69) is 26.0 Å². The van der Waals surface area contributed by atoms with E-state index in [-0.39, 0.29) is 5.92 Å². The number of imidazole rings is 1. The normalized spacial score (nSPS) is 12.6. The summed E-state index contributed by atoms with van der Waals surface area (Å²) in [5.74, 6) is 0.347. The van der Waals surface area contributed by atoms with E-state index < -0.39 is 0 Å². The average molecular weight is 188 g/mol. The number of nitrogens with one attached hydrogen (secondary N) is 1. The van der Waals surface area contributed by atoms with Crippen molar-refractivity contribution in [3.05, 3.63) is 12.2 Å². The zero-order chi connectivity index (χ0) is 10.1. The van der Waals surface area contributed by atoms with Crippen LogP contribution >= 0.6 is 0 Å². The van der Waals surface area contributed by atoms with Crippen LogP contribution in [-0.2, 0) is 0 Å². The van der Waals surface area contributed by atoms with Gasteiger partial charge in [0.25, 0.3) is 0 Å². The molecule has 2 heterocycles. The van der Waals surface area contributed by atoms with Crippen LogP contribution in [-0.4, -0.2) is 19.9 Å². The van der Waals surface area contributed by atoms with Crippen molar-refractivity contribution >= 4 is 17.0 Å². The van der Waals surface area contributed by atoms with Crippen molar-refractivity contribution in [2.24, 2.45) is 0 Å².